The number of aromatic nitrogens is 2. The molecule has 0 unspecified atom stereocenters. The zero-order chi connectivity index (χ0) is 14.8. The Hall–Kier alpha value is -1.86. The van der Waals surface area contributed by atoms with Gasteiger partial charge in [-0.2, -0.15) is 5.10 Å². The zero-order valence-corrected chi connectivity index (χ0v) is 12.5. The molecular formula is C13H18N4O2S. The van der Waals surface area contributed by atoms with E-state index >= 15 is 0 Å². The van der Waals surface area contributed by atoms with Gasteiger partial charge in [-0.05, 0) is 19.1 Å². The second kappa shape index (κ2) is 5.64. The van der Waals surface area contributed by atoms with Crippen molar-refractivity contribution >= 4 is 21.4 Å². The van der Waals surface area contributed by atoms with E-state index in [1.807, 2.05) is 20.2 Å². The second-order valence-corrected chi connectivity index (χ2v) is 6.16. The largest absolute Gasteiger partial charge is 0.352 e. The molecule has 1 heterocycles. The average Bonchev–Trinajstić information content (AvgIpc) is 2.68. The van der Waals surface area contributed by atoms with Gasteiger partial charge >= 0.3 is 0 Å². The molecule has 0 aliphatic rings. The highest BCUT2D eigenvalue weighted by molar-refractivity contribution is 7.89. The van der Waals surface area contributed by atoms with E-state index in [2.05, 4.69) is 15.1 Å². The Labute approximate surface area is 118 Å². The Morgan fingerprint density at radius 2 is 1.95 bits per heavy atom. The third-order valence-electron chi connectivity index (χ3n) is 2.79. The molecule has 20 heavy (non-hydrogen) atoms. The molecule has 0 radical (unpaired) electrons. The topological polar surface area (TPSA) is 76.0 Å². The summed E-state index contributed by atoms with van der Waals surface area (Å²) in [5.74, 6) is 0. The Balaban J connectivity index is 2.41. The molecule has 0 fully saturated rings. The number of rotatable bonds is 5. The summed E-state index contributed by atoms with van der Waals surface area (Å²) >= 11 is 0. The number of nitrogens with zero attached hydrogens (tertiary/aromatic N) is 2. The molecule has 2 aromatic rings. The molecule has 6 nitrogen and oxygen atoms in total. The first kappa shape index (κ1) is 14.5. The van der Waals surface area contributed by atoms with Crippen LogP contribution >= 0.6 is 0 Å². The van der Waals surface area contributed by atoms with E-state index in [4.69, 9.17) is 0 Å². The van der Waals surface area contributed by atoms with E-state index in [0.717, 1.165) is 11.4 Å². The number of hydrogen-bond donors (Lipinski definition) is 2. The van der Waals surface area contributed by atoms with Crippen molar-refractivity contribution in [1.82, 2.24) is 14.5 Å². The molecule has 2 rings (SSSR count). The van der Waals surface area contributed by atoms with E-state index in [0.29, 0.717) is 12.2 Å². The van der Waals surface area contributed by atoms with Crippen LogP contribution in [-0.4, -0.2) is 24.7 Å². The molecule has 0 aliphatic heterocycles. The first-order chi connectivity index (χ1) is 9.44. The lowest BCUT2D eigenvalue weighted by molar-refractivity contribution is 0.584. The van der Waals surface area contributed by atoms with Crippen molar-refractivity contribution in [3.63, 3.8) is 0 Å². The van der Waals surface area contributed by atoms with Gasteiger partial charge in [-0.3, -0.25) is 4.68 Å². The number of aryl methyl sites for hydroxylation is 2. The van der Waals surface area contributed by atoms with Crippen molar-refractivity contribution < 1.29 is 8.42 Å². The van der Waals surface area contributed by atoms with Crippen molar-refractivity contribution in [2.45, 2.75) is 18.7 Å². The Morgan fingerprint density at radius 3 is 2.55 bits per heavy atom. The lowest BCUT2D eigenvalue weighted by atomic mass is 10.3. The summed E-state index contributed by atoms with van der Waals surface area (Å²) in [4.78, 5) is 0.227. The van der Waals surface area contributed by atoms with Gasteiger partial charge in [-0.15, -0.1) is 0 Å². The van der Waals surface area contributed by atoms with E-state index in [1.165, 1.54) is 0 Å². The van der Waals surface area contributed by atoms with Crippen LogP contribution in [0, 0.1) is 6.92 Å². The minimum Gasteiger partial charge on any atom is -0.352 e. The van der Waals surface area contributed by atoms with Crippen molar-refractivity contribution in [2.24, 2.45) is 7.05 Å². The lowest BCUT2D eigenvalue weighted by Gasteiger charge is -2.12. The number of benzene rings is 1. The summed E-state index contributed by atoms with van der Waals surface area (Å²) in [6.07, 6.45) is 1.81. The number of para-hydroxylation sites is 1. The highest BCUT2D eigenvalue weighted by Gasteiger charge is 2.17. The van der Waals surface area contributed by atoms with E-state index in [9.17, 15) is 8.42 Å². The average molecular weight is 294 g/mol. The molecule has 7 heteroatoms. The maximum atomic E-state index is 12.2. The summed E-state index contributed by atoms with van der Waals surface area (Å²) < 4.78 is 28.5. The van der Waals surface area contributed by atoms with Crippen LogP contribution in [0.25, 0.3) is 0 Å². The molecule has 108 valence electrons. The van der Waals surface area contributed by atoms with Gasteiger partial charge in [0.2, 0.25) is 10.0 Å². The van der Waals surface area contributed by atoms with Gasteiger partial charge < -0.3 is 5.32 Å². The summed E-state index contributed by atoms with van der Waals surface area (Å²) in [5.41, 5.74) is 2.12. The lowest BCUT2D eigenvalue weighted by Crippen LogP contribution is -2.23. The molecule has 0 amide bonds. The van der Waals surface area contributed by atoms with Crippen LogP contribution in [0.2, 0.25) is 0 Å². The van der Waals surface area contributed by atoms with Crippen LogP contribution in [0.4, 0.5) is 11.4 Å². The maximum Gasteiger partial charge on any atom is 0.242 e. The number of sulfonamides is 1. The van der Waals surface area contributed by atoms with Crippen molar-refractivity contribution in [3.8, 4) is 0 Å². The smallest absolute Gasteiger partial charge is 0.242 e. The molecule has 0 saturated carbocycles. The van der Waals surface area contributed by atoms with Crippen LogP contribution in [0.15, 0.2) is 35.4 Å². The fourth-order valence-electron chi connectivity index (χ4n) is 1.94. The Bertz CT molecular complexity index is 707. The molecule has 0 spiro atoms. The van der Waals surface area contributed by atoms with E-state index in [-0.39, 0.29) is 4.90 Å². The fourth-order valence-corrected chi connectivity index (χ4v) is 3.14. The first-order valence-electron chi connectivity index (χ1n) is 6.30. The molecule has 0 atom stereocenters. The van der Waals surface area contributed by atoms with E-state index < -0.39 is 10.0 Å². The summed E-state index contributed by atoms with van der Waals surface area (Å²) in [5, 5.41) is 7.35. The quantitative estimate of drug-likeness (QED) is 0.881. The number of anilines is 2. The summed E-state index contributed by atoms with van der Waals surface area (Å²) in [6.45, 7) is 3.96. The van der Waals surface area contributed by atoms with Gasteiger partial charge in [0.05, 0.1) is 17.1 Å². The van der Waals surface area contributed by atoms with Gasteiger partial charge in [0.15, 0.2) is 0 Å². The van der Waals surface area contributed by atoms with Crippen LogP contribution in [0.5, 0.6) is 0 Å². The van der Waals surface area contributed by atoms with E-state index in [1.54, 1.807) is 35.9 Å². The molecule has 0 saturated heterocycles. The first-order valence-corrected chi connectivity index (χ1v) is 7.78. The van der Waals surface area contributed by atoms with Crippen LogP contribution < -0.4 is 10.0 Å². The maximum absolute atomic E-state index is 12.2. The van der Waals surface area contributed by atoms with Gasteiger partial charge in [0.1, 0.15) is 4.90 Å². The van der Waals surface area contributed by atoms with Gasteiger partial charge in [0.25, 0.3) is 0 Å². The molecule has 2 N–H and O–H groups in total. The van der Waals surface area contributed by atoms with Crippen molar-refractivity contribution in [2.75, 3.05) is 11.9 Å². The second-order valence-electron chi connectivity index (χ2n) is 4.42. The number of hydrogen-bond acceptors (Lipinski definition) is 4. The molecule has 0 aliphatic carbocycles. The minimum atomic E-state index is -3.51. The predicted molar refractivity (Wildman–Crippen MR) is 78.5 cm³/mol. The van der Waals surface area contributed by atoms with Gasteiger partial charge in [-0.25, -0.2) is 13.1 Å². The zero-order valence-electron chi connectivity index (χ0n) is 11.7. The third kappa shape index (κ3) is 3.00. The minimum absolute atomic E-state index is 0.227. The predicted octanol–water partition coefficient (Wildman–Crippen LogP) is 1.77. The normalized spacial score (nSPS) is 11.6. The SMILES string of the molecule is CCNS(=O)(=O)c1ccccc1Nc1cn(C)nc1C. The van der Waals surface area contributed by atoms with Gasteiger partial charge in [0, 0.05) is 19.8 Å². The van der Waals surface area contributed by atoms with Crippen LogP contribution in [-0.2, 0) is 17.1 Å². The molecule has 1 aromatic heterocycles. The van der Waals surface area contributed by atoms with Gasteiger partial charge in [-0.1, -0.05) is 19.1 Å². The monoisotopic (exact) mass is 294 g/mol. The third-order valence-corrected chi connectivity index (χ3v) is 4.40. The highest BCUT2D eigenvalue weighted by Crippen LogP contribution is 2.25. The Morgan fingerprint density at radius 1 is 1.25 bits per heavy atom. The highest BCUT2D eigenvalue weighted by atomic mass is 32.2. The Kier molecular flexibility index (Phi) is 4.10. The summed E-state index contributed by atoms with van der Waals surface area (Å²) in [7, 11) is -1.69. The standard InChI is InChI=1S/C13H18N4O2S/c1-4-14-20(18,19)13-8-6-5-7-11(13)15-12-9-17(3)16-10(12)2/h5-9,14-15H,4H2,1-3H3. The van der Waals surface area contributed by atoms with Crippen molar-refractivity contribution in [3.05, 3.63) is 36.2 Å². The molecule has 0 bridgehead atoms. The summed E-state index contributed by atoms with van der Waals surface area (Å²) in [6, 6.07) is 6.80. The number of nitrogens with one attached hydrogen (secondary N) is 2. The van der Waals surface area contributed by atoms with Crippen molar-refractivity contribution in [1.29, 1.82) is 0 Å². The van der Waals surface area contributed by atoms with Crippen LogP contribution in [0.1, 0.15) is 12.6 Å². The molecular weight excluding hydrogens is 276 g/mol. The van der Waals surface area contributed by atoms with Crippen LogP contribution in [0.3, 0.4) is 0 Å². The molecule has 1 aromatic carbocycles. The fraction of sp³-hybridized carbons (Fsp3) is 0.308.